The zero-order valence-corrected chi connectivity index (χ0v) is 10.9. The Morgan fingerprint density at radius 2 is 2.27 bits per heavy atom. The highest BCUT2D eigenvalue weighted by atomic mass is 127. The molecule has 82 valence electrons. The fourth-order valence-corrected chi connectivity index (χ4v) is 1.82. The minimum atomic E-state index is -0.779. The summed E-state index contributed by atoms with van der Waals surface area (Å²) < 4.78 is 1.14. The molecule has 0 aromatic heterocycles. The smallest absolute Gasteiger partial charge is 0.305 e. The van der Waals surface area contributed by atoms with Crippen molar-refractivity contribution in [2.45, 2.75) is 26.3 Å². The van der Waals surface area contributed by atoms with Gasteiger partial charge in [0, 0.05) is 15.3 Å². The molecule has 0 aliphatic carbocycles. The first-order chi connectivity index (χ1) is 6.99. The second-order valence-corrected chi connectivity index (χ2v) is 4.85. The third-order valence-corrected chi connectivity index (χ3v) is 2.75. The van der Waals surface area contributed by atoms with Gasteiger partial charge < -0.3 is 10.4 Å². The normalized spacial score (nSPS) is 12.2. The number of carbonyl (C=O) groups is 1. The lowest BCUT2D eigenvalue weighted by Crippen LogP contribution is -2.19. The molecule has 1 aromatic rings. The summed E-state index contributed by atoms with van der Waals surface area (Å²) in [5.74, 6) is -0.779. The molecule has 0 amide bonds. The van der Waals surface area contributed by atoms with Crippen LogP contribution in [0.4, 0.5) is 5.69 Å². The first-order valence-corrected chi connectivity index (χ1v) is 5.81. The highest BCUT2D eigenvalue weighted by Gasteiger charge is 2.08. The van der Waals surface area contributed by atoms with Crippen LogP contribution in [0.5, 0.6) is 0 Å². The second kappa shape index (κ2) is 5.34. The molecule has 0 fully saturated rings. The van der Waals surface area contributed by atoms with Gasteiger partial charge in [-0.3, -0.25) is 4.79 Å². The zero-order chi connectivity index (χ0) is 11.4. The maximum Gasteiger partial charge on any atom is 0.305 e. The summed E-state index contributed by atoms with van der Waals surface area (Å²) in [6, 6.07) is 6.02. The number of aliphatic carboxylic acids is 1. The molecule has 15 heavy (non-hydrogen) atoms. The van der Waals surface area contributed by atoms with Gasteiger partial charge in [-0.1, -0.05) is 6.07 Å². The largest absolute Gasteiger partial charge is 0.481 e. The summed E-state index contributed by atoms with van der Waals surface area (Å²) in [7, 11) is 0. The molecule has 3 nitrogen and oxygen atoms in total. The number of carboxylic acid groups (broad SMARTS) is 1. The SMILES string of the molecule is Cc1ccc(I)cc1NC(C)CC(=O)O. The van der Waals surface area contributed by atoms with Crippen molar-refractivity contribution in [3.05, 3.63) is 27.3 Å². The Labute approximate surface area is 103 Å². The van der Waals surface area contributed by atoms with Crippen molar-refractivity contribution >= 4 is 34.2 Å². The van der Waals surface area contributed by atoms with Crippen molar-refractivity contribution in [1.82, 2.24) is 0 Å². The topological polar surface area (TPSA) is 49.3 Å². The van der Waals surface area contributed by atoms with Gasteiger partial charge in [0.2, 0.25) is 0 Å². The molecular weight excluding hydrogens is 305 g/mol. The Bertz CT molecular complexity index is 366. The fourth-order valence-electron chi connectivity index (χ4n) is 1.33. The van der Waals surface area contributed by atoms with E-state index in [1.807, 2.05) is 32.0 Å². The Kier molecular flexibility index (Phi) is 4.38. The van der Waals surface area contributed by atoms with E-state index < -0.39 is 5.97 Å². The number of aryl methyl sites for hydroxylation is 1. The highest BCUT2D eigenvalue weighted by molar-refractivity contribution is 14.1. The molecule has 0 bridgehead atoms. The first-order valence-electron chi connectivity index (χ1n) is 4.73. The molecule has 1 unspecified atom stereocenters. The molecule has 0 aliphatic rings. The molecule has 0 heterocycles. The number of carboxylic acids is 1. The van der Waals surface area contributed by atoms with E-state index in [9.17, 15) is 4.79 Å². The van der Waals surface area contributed by atoms with Crippen molar-refractivity contribution < 1.29 is 9.90 Å². The highest BCUT2D eigenvalue weighted by Crippen LogP contribution is 2.19. The van der Waals surface area contributed by atoms with Gasteiger partial charge in [-0.05, 0) is 54.1 Å². The van der Waals surface area contributed by atoms with Gasteiger partial charge in [0.1, 0.15) is 0 Å². The number of nitrogens with one attached hydrogen (secondary N) is 1. The molecule has 0 aliphatic heterocycles. The molecule has 1 aromatic carbocycles. The quantitative estimate of drug-likeness (QED) is 0.839. The van der Waals surface area contributed by atoms with E-state index in [0.29, 0.717) is 0 Å². The maximum absolute atomic E-state index is 10.5. The maximum atomic E-state index is 10.5. The number of hydrogen-bond donors (Lipinski definition) is 2. The third-order valence-electron chi connectivity index (χ3n) is 2.08. The minimum absolute atomic E-state index is 0.0561. The molecule has 0 spiro atoms. The molecule has 1 atom stereocenters. The Morgan fingerprint density at radius 3 is 2.87 bits per heavy atom. The van der Waals surface area contributed by atoms with Gasteiger partial charge in [0.15, 0.2) is 0 Å². The van der Waals surface area contributed by atoms with Crippen LogP contribution in [0, 0.1) is 10.5 Å². The molecule has 0 saturated carbocycles. The van der Waals surface area contributed by atoms with E-state index >= 15 is 0 Å². The Balaban J connectivity index is 2.71. The summed E-state index contributed by atoms with van der Waals surface area (Å²) in [5.41, 5.74) is 2.14. The number of hydrogen-bond acceptors (Lipinski definition) is 2. The number of anilines is 1. The molecule has 0 radical (unpaired) electrons. The monoisotopic (exact) mass is 319 g/mol. The van der Waals surface area contributed by atoms with Crippen LogP contribution < -0.4 is 5.32 Å². The van der Waals surface area contributed by atoms with Crippen LogP contribution in [0.3, 0.4) is 0 Å². The van der Waals surface area contributed by atoms with Crippen LogP contribution in [0.1, 0.15) is 18.9 Å². The number of halogens is 1. The molecular formula is C11H14INO2. The van der Waals surface area contributed by atoms with Crippen molar-refractivity contribution in [3.8, 4) is 0 Å². The Morgan fingerprint density at radius 1 is 1.60 bits per heavy atom. The minimum Gasteiger partial charge on any atom is -0.481 e. The summed E-state index contributed by atoms with van der Waals surface area (Å²) in [6.45, 7) is 3.87. The van der Waals surface area contributed by atoms with Gasteiger partial charge in [0.25, 0.3) is 0 Å². The van der Waals surface area contributed by atoms with E-state index in [0.717, 1.165) is 14.8 Å². The lowest BCUT2D eigenvalue weighted by molar-refractivity contribution is -0.137. The van der Waals surface area contributed by atoms with Crippen LogP contribution in [-0.2, 0) is 4.79 Å². The molecule has 4 heteroatoms. The lowest BCUT2D eigenvalue weighted by Gasteiger charge is -2.15. The summed E-state index contributed by atoms with van der Waals surface area (Å²) >= 11 is 2.24. The number of benzene rings is 1. The zero-order valence-electron chi connectivity index (χ0n) is 8.75. The van der Waals surface area contributed by atoms with Crippen LogP contribution in [0.2, 0.25) is 0 Å². The standard InChI is InChI=1S/C11H14INO2/c1-7-3-4-9(12)6-10(7)13-8(2)5-11(14)15/h3-4,6,8,13H,5H2,1-2H3,(H,14,15). The average molecular weight is 319 g/mol. The third kappa shape index (κ3) is 4.07. The molecule has 2 N–H and O–H groups in total. The van der Waals surface area contributed by atoms with E-state index in [2.05, 4.69) is 27.9 Å². The van der Waals surface area contributed by atoms with Crippen molar-refractivity contribution in [3.63, 3.8) is 0 Å². The summed E-state index contributed by atoms with van der Waals surface area (Å²) in [5, 5.41) is 11.8. The van der Waals surface area contributed by atoms with Gasteiger partial charge in [-0.2, -0.15) is 0 Å². The summed E-state index contributed by atoms with van der Waals surface area (Å²) in [4.78, 5) is 10.5. The van der Waals surface area contributed by atoms with Crippen LogP contribution >= 0.6 is 22.6 Å². The fraction of sp³-hybridized carbons (Fsp3) is 0.364. The van der Waals surface area contributed by atoms with Gasteiger partial charge in [-0.25, -0.2) is 0 Å². The molecule has 1 rings (SSSR count). The number of rotatable bonds is 4. The van der Waals surface area contributed by atoms with E-state index in [-0.39, 0.29) is 12.5 Å². The predicted molar refractivity (Wildman–Crippen MR) is 69.2 cm³/mol. The van der Waals surface area contributed by atoms with Gasteiger partial charge in [0.05, 0.1) is 6.42 Å². The van der Waals surface area contributed by atoms with Crippen LogP contribution in [-0.4, -0.2) is 17.1 Å². The molecule has 0 saturated heterocycles. The van der Waals surface area contributed by atoms with E-state index in [1.165, 1.54) is 0 Å². The predicted octanol–water partition coefficient (Wildman–Crippen LogP) is 2.87. The van der Waals surface area contributed by atoms with Crippen molar-refractivity contribution in [2.24, 2.45) is 0 Å². The van der Waals surface area contributed by atoms with Crippen molar-refractivity contribution in [2.75, 3.05) is 5.32 Å². The lowest BCUT2D eigenvalue weighted by atomic mass is 10.1. The van der Waals surface area contributed by atoms with Crippen molar-refractivity contribution in [1.29, 1.82) is 0 Å². The first kappa shape index (κ1) is 12.3. The second-order valence-electron chi connectivity index (χ2n) is 3.60. The average Bonchev–Trinajstić information content (AvgIpc) is 2.10. The van der Waals surface area contributed by atoms with Gasteiger partial charge >= 0.3 is 5.97 Å². The van der Waals surface area contributed by atoms with Gasteiger partial charge in [-0.15, -0.1) is 0 Å². The Hall–Kier alpha value is -0.780. The van der Waals surface area contributed by atoms with E-state index in [1.54, 1.807) is 0 Å². The van der Waals surface area contributed by atoms with Crippen LogP contribution in [0.25, 0.3) is 0 Å². The summed E-state index contributed by atoms with van der Waals surface area (Å²) in [6.07, 6.45) is 0.130. The van der Waals surface area contributed by atoms with Crippen LogP contribution in [0.15, 0.2) is 18.2 Å². The van der Waals surface area contributed by atoms with E-state index in [4.69, 9.17) is 5.11 Å².